The Balaban J connectivity index is 1.75. The maximum Gasteiger partial charge on any atom is 0.249 e. The van der Waals surface area contributed by atoms with Crippen molar-refractivity contribution in [1.29, 1.82) is 0 Å². The molecule has 1 saturated carbocycles. The van der Waals surface area contributed by atoms with Crippen molar-refractivity contribution in [3.63, 3.8) is 0 Å². The van der Waals surface area contributed by atoms with E-state index in [4.69, 9.17) is 11.5 Å². The number of nitrogens with two attached hydrogens (primary N) is 2. The zero-order valence-electron chi connectivity index (χ0n) is 14.4. The van der Waals surface area contributed by atoms with Gasteiger partial charge in [-0.05, 0) is 43.4 Å². The predicted octanol–water partition coefficient (Wildman–Crippen LogP) is 2.18. The van der Waals surface area contributed by atoms with Crippen LogP contribution >= 0.6 is 0 Å². The van der Waals surface area contributed by atoms with Crippen molar-refractivity contribution in [2.45, 2.75) is 37.8 Å². The second-order valence-electron chi connectivity index (χ2n) is 6.80. The maximum atomic E-state index is 11.9. The van der Waals surface area contributed by atoms with E-state index in [0.29, 0.717) is 23.3 Å². The van der Waals surface area contributed by atoms with Crippen LogP contribution in [0.2, 0.25) is 0 Å². The molecule has 1 aromatic carbocycles. The first-order valence-corrected chi connectivity index (χ1v) is 8.87. The Labute approximate surface area is 151 Å². The second kappa shape index (κ2) is 6.76. The highest BCUT2D eigenvalue weighted by Gasteiger charge is 2.20. The highest BCUT2D eigenvalue weighted by Crippen LogP contribution is 2.29. The molecule has 2 aromatic heterocycles. The summed E-state index contributed by atoms with van der Waals surface area (Å²) in [6.45, 7) is 0. The van der Waals surface area contributed by atoms with Crippen molar-refractivity contribution in [3.05, 3.63) is 48.3 Å². The summed E-state index contributed by atoms with van der Waals surface area (Å²) in [5.74, 6) is 0.295. The van der Waals surface area contributed by atoms with Crippen molar-refractivity contribution < 1.29 is 4.79 Å². The van der Waals surface area contributed by atoms with Crippen LogP contribution in [0, 0.1) is 0 Å². The van der Waals surface area contributed by atoms with E-state index in [2.05, 4.69) is 15.4 Å². The summed E-state index contributed by atoms with van der Waals surface area (Å²) in [5.41, 5.74) is 14.3. The Kier molecular flexibility index (Phi) is 4.30. The fraction of sp³-hybridized carbons (Fsp3) is 0.316. The summed E-state index contributed by atoms with van der Waals surface area (Å²) in [7, 11) is 0. The SMILES string of the molecule is NC(=O)c1ccccc1-c1cc(NC2CCC(N)CC2)nn2ccnc12. The van der Waals surface area contributed by atoms with Crippen molar-refractivity contribution in [1.82, 2.24) is 14.6 Å². The van der Waals surface area contributed by atoms with Crippen molar-refractivity contribution in [2.75, 3.05) is 5.32 Å². The van der Waals surface area contributed by atoms with Crippen LogP contribution in [0.4, 0.5) is 5.82 Å². The second-order valence-corrected chi connectivity index (χ2v) is 6.80. The number of anilines is 1. The standard InChI is InChI=1S/C19H22N6O/c20-12-5-7-13(8-6-12)23-17-11-16(19-22-9-10-25(19)24-17)14-3-1-2-4-15(14)18(21)26/h1-4,9-13H,5-8,20H2,(H2,21,26)(H,23,24). The van der Waals surface area contributed by atoms with Crippen LogP contribution in [0.25, 0.3) is 16.8 Å². The van der Waals surface area contributed by atoms with Gasteiger partial charge in [0.15, 0.2) is 5.65 Å². The minimum atomic E-state index is -0.460. The van der Waals surface area contributed by atoms with E-state index >= 15 is 0 Å². The Morgan fingerprint density at radius 1 is 1.15 bits per heavy atom. The number of benzene rings is 1. The molecular formula is C19H22N6O. The van der Waals surface area contributed by atoms with E-state index < -0.39 is 5.91 Å². The molecule has 5 N–H and O–H groups in total. The molecule has 7 nitrogen and oxygen atoms in total. The molecule has 0 spiro atoms. The molecule has 0 radical (unpaired) electrons. The van der Waals surface area contributed by atoms with Crippen molar-refractivity contribution in [2.24, 2.45) is 11.5 Å². The largest absolute Gasteiger partial charge is 0.366 e. The van der Waals surface area contributed by atoms with Gasteiger partial charge >= 0.3 is 0 Å². The lowest BCUT2D eigenvalue weighted by molar-refractivity contribution is 0.100. The van der Waals surface area contributed by atoms with Gasteiger partial charge in [-0.15, -0.1) is 5.10 Å². The Hall–Kier alpha value is -2.93. The van der Waals surface area contributed by atoms with Gasteiger partial charge in [0, 0.05) is 35.6 Å². The van der Waals surface area contributed by atoms with Crippen LogP contribution in [0.3, 0.4) is 0 Å². The highest BCUT2D eigenvalue weighted by molar-refractivity contribution is 6.01. The number of nitrogens with zero attached hydrogens (tertiary/aromatic N) is 3. The van der Waals surface area contributed by atoms with Gasteiger partial charge in [-0.3, -0.25) is 4.79 Å². The van der Waals surface area contributed by atoms with Gasteiger partial charge in [0.25, 0.3) is 0 Å². The number of fused-ring (bicyclic) bond motifs is 1. The van der Waals surface area contributed by atoms with Gasteiger partial charge in [0.05, 0.1) is 0 Å². The zero-order valence-corrected chi connectivity index (χ0v) is 14.4. The Bertz CT molecular complexity index is 942. The predicted molar refractivity (Wildman–Crippen MR) is 101 cm³/mol. The summed E-state index contributed by atoms with van der Waals surface area (Å²) >= 11 is 0. The van der Waals surface area contributed by atoms with Crippen LogP contribution in [0.1, 0.15) is 36.0 Å². The molecule has 0 aliphatic heterocycles. The van der Waals surface area contributed by atoms with Gasteiger partial charge in [0.2, 0.25) is 5.91 Å². The molecule has 1 aliphatic rings. The lowest BCUT2D eigenvalue weighted by atomic mass is 9.92. The molecule has 1 fully saturated rings. The number of rotatable bonds is 4. The third-order valence-electron chi connectivity index (χ3n) is 4.97. The average Bonchev–Trinajstić information content (AvgIpc) is 3.11. The minimum Gasteiger partial charge on any atom is -0.366 e. The number of hydrogen-bond donors (Lipinski definition) is 3. The Morgan fingerprint density at radius 3 is 2.69 bits per heavy atom. The number of aromatic nitrogens is 3. The van der Waals surface area contributed by atoms with E-state index in [1.807, 2.05) is 18.2 Å². The van der Waals surface area contributed by atoms with Gasteiger partial charge in [-0.1, -0.05) is 18.2 Å². The number of primary amides is 1. The van der Waals surface area contributed by atoms with Crippen LogP contribution < -0.4 is 16.8 Å². The summed E-state index contributed by atoms with van der Waals surface area (Å²) in [6, 6.07) is 9.90. The summed E-state index contributed by atoms with van der Waals surface area (Å²) in [5, 5.41) is 8.12. The molecule has 3 aromatic rings. The quantitative estimate of drug-likeness (QED) is 0.668. The summed E-state index contributed by atoms with van der Waals surface area (Å²) in [6.07, 6.45) is 7.58. The molecule has 0 unspecified atom stereocenters. The lowest BCUT2D eigenvalue weighted by Gasteiger charge is -2.27. The molecule has 1 amide bonds. The topological polar surface area (TPSA) is 111 Å². The van der Waals surface area contributed by atoms with Crippen LogP contribution in [-0.4, -0.2) is 32.6 Å². The zero-order chi connectivity index (χ0) is 18.1. The number of amides is 1. The fourth-order valence-electron chi connectivity index (χ4n) is 3.59. The van der Waals surface area contributed by atoms with Crippen molar-refractivity contribution in [3.8, 4) is 11.1 Å². The minimum absolute atomic E-state index is 0.301. The molecule has 134 valence electrons. The first-order chi connectivity index (χ1) is 12.6. The molecular weight excluding hydrogens is 328 g/mol. The van der Waals surface area contributed by atoms with Gasteiger partial charge in [0.1, 0.15) is 5.82 Å². The fourth-order valence-corrected chi connectivity index (χ4v) is 3.59. The van der Waals surface area contributed by atoms with Crippen LogP contribution in [-0.2, 0) is 0 Å². The first-order valence-electron chi connectivity index (χ1n) is 8.87. The van der Waals surface area contributed by atoms with Gasteiger partial charge in [-0.2, -0.15) is 0 Å². The number of hydrogen-bond acceptors (Lipinski definition) is 5. The summed E-state index contributed by atoms with van der Waals surface area (Å²) < 4.78 is 1.73. The number of carbonyl (C=O) groups is 1. The molecule has 0 bridgehead atoms. The van der Waals surface area contributed by atoms with Gasteiger partial charge in [-0.25, -0.2) is 9.50 Å². The summed E-state index contributed by atoms with van der Waals surface area (Å²) in [4.78, 5) is 16.3. The van der Waals surface area contributed by atoms with Gasteiger partial charge < -0.3 is 16.8 Å². The number of imidazole rings is 1. The molecule has 1 aliphatic carbocycles. The molecule has 0 saturated heterocycles. The normalized spacial score (nSPS) is 20.2. The third-order valence-corrected chi connectivity index (χ3v) is 4.97. The van der Waals surface area contributed by atoms with E-state index in [1.165, 1.54) is 0 Å². The molecule has 26 heavy (non-hydrogen) atoms. The molecule has 2 heterocycles. The average molecular weight is 350 g/mol. The number of carbonyl (C=O) groups excluding carboxylic acids is 1. The molecule has 7 heteroatoms. The third kappa shape index (κ3) is 3.13. The maximum absolute atomic E-state index is 11.9. The van der Waals surface area contributed by atoms with Crippen LogP contribution in [0.5, 0.6) is 0 Å². The van der Waals surface area contributed by atoms with E-state index in [1.54, 1.807) is 29.0 Å². The first kappa shape index (κ1) is 16.5. The smallest absolute Gasteiger partial charge is 0.249 e. The van der Waals surface area contributed by atoms with Crippen LogP contribution in [0.15, 0.2) is 42.7 Å². The van der Waals surface area contributed by atoms with E-state index in [0.717, 1.165) is 42.6 Å². The monoisotopic (exact) mass is 350 g/mol. The van der Waals surface area contributed by atoms with E-state index in [9.17, 15) is 4.79 Å². The molecule has 0 atom stereocenters. The van der Waals surface area contributed by atoms with E-state index in [-0.39, 0.29) is 0 Å². The molecule has 4 rings (SSSR count). The van der Waals surface area contributed by atoms with Crippen molar-refractivity contribution >= 4 is 17.4 Å². The lowest BCUT2D eigenvalue weighted by Crippen LogP contribution is -2.33. The number of nitrogens with one attached hydrogen (secondary N) is 1. The highest BCUT2D eigenvalue weighted by atomic mass is 16.1. The Morgan fingerprint density at radius 2 is 1.92 bits per heavy atom.